The van der Waals surface area contributed by atoms with E-state index in [-0.39, 0.29) is 0 Å². The lowest BCUT2D eigenvalue weighted by Gasteiger charge is -2.20. The molecule has 1 N–H and O–H groups in total. The van der Waals surface area contributed by atoms with E-state index in [1.54, 1.807) is 0 Å². The lowest BCUT2D eigenvalue weighted by atomic mass is 10.2. The van der Waals surface area contributed by atoms with Crippen molar-refractivity contribution in [3.63, 3.8) is 0 Å². The zero-order chi connectivity index (χ0) is 9.68. The Balaban J connectivity index is 2.16. The SMILES string of the molecule is CNC1CCN(CC(C)CSC)C1. The molecule has 0 bridgehead atoms. The number of hydrogen-bond donors (Lipinski definition) is 1. The van der Waals surface area contributed by atoms with E-state index in [9.17, 15) is 0 Å². The number of hydrogen-bond acceptors (Lipinski definition) is 3. The summed E-state index contributed by atoms with van der Waals surface area (Å²) in [6.07, 6.45) is 3.51. The smallest absolute Gasteiger partial charge is 0.0204 e. The Morgan fingerprint density at radius 1 is 1.62 bits per heavy atom. The Labute approximate surface area is 86.5 Å². The van der Waals surface area contributed by atoms with Crippen LogP contribution < -0.4 is 5.32 Å². The Morgan fingerprint density at radius 2 is 2.38 bits per heavy atom. The number of nitrogens with one attached hydrogen (secondary N) is 1. The predicted octanol–water partition coefficient (Wildman–Crippen LogP) is 1.28. The van der Waals surface area contributed by atoms with Crippen molar-refractivity contribution in [2.75, 3.05) is 38.7 Å². The van der Waals surface area contributed by atoms with Crippen molar-refractivity contribution in [1.29, 1.82) is 0 Å². The Kier molecular flexibility index (Phi) is 5.14. The van der Waals surface area contributed by atoms with Gasteiger partial charge >= 0.3 is 0 Å². The molecule has 1 aliphatic rings. The maximum absolute atomic E-state index is 3.35. The Hall–Kier alpha value is 0.270. The van der Waals surface area contributed by atoms with Crippen LogP contribution in [0.25, 0.3) is 0 Å². The standard InChI is InChI=1S/C10H22N2S/c1-9(8-13-3)6-12-5-4-10(7-12)11-2/h9-11H,4-8H2,1-3H3. The van der Waals surface area contributed by atoms with Gasteiger partial charge in [-0.25, -0.2) is 0 Å². The summed E-state index contributed by atoms with van der Waals surface area (Å²) in [6.45, 7) is 6.15. The molecule has 0 aromatic carbocycles. The second-order valence-corrected chi connectivity index (χ2v) is 5.01. The van der Waals surface area contributed by atoms with Crippen LogP contribution in [0.2, 0.25) is 0 Å². The molecular formula is C10H22N2S. The van der Waals surface area contributed by atoms with Gasteiger partial charge in [-0.3, -0.25) is 0 Å². The topological polar surface area (TPSA) is 15.3 Å². The highest BCUT2D eigenvalue weighted by molar-refractivity contribution is 7.98. The maximum atomic E-state index is 3.35. The van der Waals surface area contributed by atoms with Gasteiger partial charge in [0.15, 0.2) is 0 Å². The molecule has 3 heteroatoms. The average Bonchev–Trinajstić information content (AvgIpc) is 2.52. The molecule has 13 heavy (non-hydrogen) atoms. The van der Waals surface area contributed by atoms with Crippen LogP contribution in [-0.4, -0.2) is 49.6 Å². The maximum Gasteiger partial charge on any atom is 0.0204 e. The molecule has 0 aliphatic carbocycles. The molecule has 0 aromatic heterocycles. The fourth-order valence-corrected chi connectivity index (χ4v) is 2.69. The number of likely N-dealkylation sites (tertiary alicyclic amines) is 1. The molecule has 0 radical (unpaired) electrons. The summed E-state index contributed by atoms with van der Waals surface area (Å²) in [5.74, 6) is 2.13. The Bertz CT molecular complexity index is 141. The van der Waals surface area contributed by atoms with Crippen molar-refractivity contribution in [2.45, 2.75) is 19.4 Å². The summed E-state index contributed by atoms with van der Waals surface area (Å²) >= 11 is 1.96. The molecule has 2 nitrogen and oxygen atoms in total. The van der Waals surface area contributed by atoms with Crippen LogP contribution in [0.4, 0.5) is 0 Å². The van der Waals surface area contributed by atoms with Crippen LogP contribution >= 0.6 is 11.8 Å². The first-order chi connectivity index (χ1) is 6.26. The number of nitrogens with zero attached hydrogens (tertiary/aromatic N) is 1. The second kappa shape index (κ2) is 5.89. The molecule has 1 saturated heterocycles. The fraction of sp³-hybridized carbons (Fsp3) is 1.00. The highest BCUT2D eigenvalue weighted by Crippen LogP contribution is 2.13. The van der Waals surface area contributed by atoms with E-state index in [0.29, 0.717) is 0 Å². The van der Waals surface area contributed by atoms with Gasteiger partial charge in [0.25, 0.3) is 0 Å². The third kappa shape index (κ3) is 3.88. The summed E-state index contributed by atoms with van der Waals surface area (Å²) in [7, 11) is 2.07. The first-order valence-electron chi connectivity index (χ1n) is 5.14. The minimum atomic E-state index is 0.737. The minimum absolute atomic E-state index is 0.737. The van der Waals surface area contributed by atoms with Gasteiger partial charge in [0, 0.05) is 19.1 Å². The fourth-order valence-electron chi connectivity index (χ4n) is 2.01. The first-order valence-corrected chi connectivity index (χ1v) is 6.54. The third-order valence-corrected chi connectivity index (χ3v) is 3.60. The van der Waals surface area contributed by atoms with E-state index >= 15 is 0 Å². The molecule has 1 aliphatic heterocycles. The van der Waals surface area contributed by atoms with Crippen LogP contribution in [0, 0.1) is 5.92 Å². The summed E-state index contributed by atoms with van der Waals surface area (Å²) < 4.78 is 0. The van der Waals surface area contributed by atoms with Gasteiger partial charge in [-0.05, 0) is 37.9 Å². The highest BCUT2D eigenvalue weighted by atomic mass is 32.2. The molecule has 2 atom stereocenters. The number of rotatable bonds is 5. The largest absolute Gasteiger partial charge is 0.316 e. The zero-order valence-electron chi connectivity index (χ0n) is 9.05. The lowest BCUT2D eigenvalue weighted by Crippen LogP contribution is -2.32. The molecule has 2 unspecified atom stereocenters. The molecule has 1 rings (SSSR count). The normalized spacial score (nSPS) is 26.5. The third-order valence-electron chi connectivity index (χ3n) is 2.70. The van der Waals surface area contributed by atoms with Crippen molar-refractivity contribution in [2.24, 2.45) is 5.92 Å². The van der Waals surface area contributed by atoms with Gasteiger partial charge in [0.1, 0.15) is 0 Å². The van der Waals surface area contributed by atoms with Crippen molar-refractivity contribution < 1.29 is 0 Å². The minimum Gasteiger partial charge on any atom is -0.316 e. The van der Waals surface area contributed by atoms with E-state index in [1.807, 2.05) is 11.8 Å². The van der Waals surface area contributed by atoms with Gasteiger partial charge < -0.3 is 10.2 Å². The Morgan fingerprint density at radius 3 is 2.92 bits per heavy atom. The summed E-state index contributed by atoms with van der Waals surface area (Å²) in [5, 5.41) is 3.35. The van der Waals surface area contributed by atoms with E-state index in [2.05, 4.69) is 30.4 Å². The van der Waals surface area contributed by atoms with Crippen molar-refractivity contribution in [1.82, 2.24) is 10.2 Å². The van der Waals surface area contributed by atoms with Gasteiger partial charge in [0.05, 0.1) is 0 Å². The molecule has 78 valence electrons. The van der Waals surface area contributed by atoms with Gasteiger partial charge in [-0.2, -0.15) is 11.8 Å². The average molecular weight is 202 g/mol. The quantitative estimate of drug-likeness (QED) is 0.723. The van der Waals surface area contributed by atoms with Crippen LogP contribution in [0.15, 0.2) is 0 Å². The van der Waals surface area contributed by atoms with Crippen molar-refractivity contribution in [3.8, 4) is 0 Å². The highest BCUT2D eigenvalue weighted by Gasteiger charge is 2.21. The van der Waals surface area contributed by atoms with Gasteiger partial charge in [-0.15, -0.1) is 0 Å². The van der Waals surface area contributed by atoms with Gasteiger partial charge in [-0.1, -0.05) is 6.92 Å². The molecule has 1 fully saturated rings. The lowest BCUT2D eigenvalue weighted by molar-refractivity contribution is 0.294. The van der Waals surface area contributed by atoms with E-state index < -0.39 is 0 Å². The van der Waals surface area contributed by atoms with E-state index in [0.717, 1.165) is 12.0 Å². The second-order valence-electron chi connectivity index (χ2n) is 4.09. The molecule has 1 heterocycles. The van der Waals surface area contributed by atoms with Crippen LogP contribution in [0.5, 0.6) is 0 Å². The van der Waals surface area contributed by atoms with Crippen molar-refractivity contribution >= 4 is 11.8 Å². The zero-order valence-corrected chi connectivity index (χ0v) is 9.86. The number of likely N-dealkylation sites (N-methyl/N-ethyl adjacent to an activating group) is 1. The summed E-state index contributed by atoms with van der Waals surface area (Å²) in [4.78, 5) is 2.59. The monoisotopic (exact) mass is 202 g/mol. The summed E-state index contributed by atoms with van der Waals surface area (Å²) in [6, 6.07) is 0.737. The first kappa shape index (κ1) is 11.3. The van der Waals surface area contributed by atoms with Crippen LogP contribution in [0.1, 0.15) is 13.3 Å². The van der Waals surface area contributed by atoms with Crippen LogP contribution in [0.3, 0.4) is 0 Å². The molecule has 0 amide bonds. The predicted molar refractivity (Wildman–Crippen MR) is 61.5 cm³/mol. The van der Waals surface area contributed by atoms with Crippen LogP contribution in [-0.2, 0) is 0 Å². The molecular weight excluding hydrogens is 180 g/mol. The van der Waals surface area contributed by atoms with Gasteiger partial charge in [0.2, 0.25) is 0 Å². The van der Waals surface area contributed by atoms with Crippen molar-refractivity contribution in [3.05, 3.63) is 0 Å². The molecule has 0 spiro atoms. The molecule has 0 saturated carbocycles. The van der Waals surface area contributed by atoms with E-state index in [4.69, 9.17) is 0 Å². The summed E-state index contributed by atoms with van der Waals surface area (Å²) in [5.41, 5.74) is 0. The number of thioether (sulfide) groups is 1. The van der Waals surface area contributed by atoms with E-state index in [1.165, 1.54) is 31.8 Å². The molecule has 0 aromatic rings.